The van der Waals surface area contributed by atoms with Crippen LogP contribution in [0, 0.1) is 10.5 Å². The fraction of sp³-hybridized carbons (Fsp3) is 0.0909. The molecule has 0 saturated carbocycles. The Kier molecular flexibility index (Phi) is 3.23. The van der Waals surface area contributed by atoms with E-state index in [4.69, 9.17) is 10.5 Å². The van der Waals surface area contributed by atoms with Gasteiger partial charge in [-0.3, -0.25) is 0 Å². The third-order valence-corrected chi connectivity index (χ3v) is 2.83. The van der Waals surface area contributed by atoms with E-state index in [9.17, 15) is 0 Å². The van der Waals surface area contributed by atoms with Crippen molar-refractivity contribution < 1.29 is 4.74 Å². The van der Waals surface area contributed by atoms with E-state index in [-0.39, 0.29) is 0 Å². The highest BCUT2D eigenvalue weighted by Gasteiger charge is 2.04. The number of halogens is 1. The van der Waals surface area contributed by atoms with Gasteiger partial charge in [-0.15, -0.1) is 0 Å². The molecule has 0 spiro atoms. The number of anilines is 1. The van der Waals surface area contributed by atoms with Gasteiger partial charge in [0.2, 0.25) is 5.88 Å². The zero-order chi connectivity index (χ0) is 11.5. The molecule has 0 aliphatic rings. The average Bonchev–Trinajstić information content (AvgIpc) is 2.27. The SMILES string of the molecule is Cc1cc(Oc2ncncc2I)ccc1N. The molecule has 16 heavy (non-hydrogen) atoms. The van der Waals surface area contributed by atoms with Gasteiger partial charge in [-0.25, -0.2) is 9.97 Å². The Balaban J connectivity index is 2.28. The van der Waals surface area contributed by atoms with Crippen molar-refractivity contribution in [1.82, 2.24) is 9.97 Å². The van der Waals surface area contributed by atoms with Crippen molar-refractivity contribution in [2.24, 2.45) is 0 Å². The van der Waals surface area contributed by atoms with Gasteiger partial charge in [-0.2, -0.15) is 0 Å². The lowest BCUT2D eigenvalue weighted by Gasteiger charge is -2.07. The molecule has 0 amide bonds. The second kappa shape index (κ2) is 4.65. The number of benzene rings is 1. The zero-order valence-corrected chi connectivity index (χ0v) is 10.8. The summed E-state index contributed by atoms with van der Waals surface area (Å²) in [5.41, 5.74) is 7.47. The topological polar surface area (TPSA) is 61.0 Å². The maximum absolute atomic E-state index is 5.73. The summed E-state index contributed by atoms with van der Waals surface area (Å²) in [6.07, 6.45) is 3.16. The first-order chi connectivity index (χ1) is 7.66. The lowest BCUT2D eigenvalue weighted by molar-refractivity contribution is 0.457. The van der Waals surface area contributed by atoms with Crippen LogP contribution in [-0.4, -0.2) is 9.97 Å². The molecule has 4 nitrogen and oxygen atoms in total. The van der Waals surface area contributed by atoms with Gasteiger partial charge in [0, 0.05) is 11.9 Å². The Bertz CT molecular complexity index is 516. The summed E-state index contributed by atoms with van der Waals surface area (Å²) < 4.78 is 6.50. The van der Waals surface area contributed by atoms with Gasteiger partial charge in [-0.1, -0.05) is 0 Å². The third kappa shape index (κ3) is 2.41. The van der Waals surface area contributed by atoms with Crippen LogP contribution in [-0.2, 0) is 0 Å². The first-order valence-electron chi connectivity index (χ1n) is 4.66. The number of nitrogen functional groups attached to an aromatic ring is 1. The lowest BCUT2D eigenvalue weighted by atomic mass is 10.2. The van der Waals surface area contributed by atoms with Gasteiger partial charge in [0.15, 0.2) is 0 Å². The minimum absolute atomic E-state index is 0.555. The molecule has 2 aromatic rings. The molecule has 0 unspecified atom stereocenters. The van der Waals surface area contributed by atoms with E-state index in [1.54, 1.807) is 6.20 Å². The summed E-state index contributed by atoms with van der Waals surface area (Å²) in [7, 11) is 0. The monoisotopic (exact) mass is 327 g/mol. The maximum atomic E-state index is 5.73. The Morgan fingerprint density at radius 1 is 1.38 bits per heavy atom. The van der Waals surface area contributed by atoms with Crippen molar-refractivity contribution in [3.63, 3.8) is 0 Å². The van der Waals surface area contributed by atoms with Crippen molar-refractivity contribution in [2.45, 2.75) is 6.92 Å². The van der Waals surface area contributed by atoms with Gasteiger partial charge < -0.3 is 10.5 Å². The number of aryl methyl sites for hydroxylation is 1. The Hall–Kier alpha value is -1.37. The molecule has 2 N–H and O–H groups in total. The third-order valence-electron chi connectivity index (χ3n) is 2.09. The molecule has 0 radical (unpaired) electrons. The largest absolute Gasteiger partial charge is 0.438 e. The molecule has 0 aliphatic heterocycles. The van der Waals surface area contributed by atoms with E-state index < -0.39 is 0 Å². The summed E-state index contributed by atoms with van der Waals surface area (Å²) in [5.74, 6) is 1.28. The van der Waals surface area contributed by atoms with E-state index >= 15 is 0 Å². The number of ether oxygens (including phenoxy) is 1. The first-order valence-corrected chi connectivity index (χ1v) is 5.74. The first kappa shape index (κ1) is 11.1. The number of hydrogen-bond acceptors (Lipinski definition) is 4. The van der Waals surface area contributed by atoms with Gasteiger partial charge in [-0.05, 0) is 53.3 Å². The minimum atomic E-state index is 0.555. The number of aromatic nitrogens is 2. The highest BCUT2D eigenvalue weighted by molar-refractivity contribution is 14.1. The summed E-state index contributed by atoms with van der Waals surface area (Å²) in [4.78, 5) is 7.95. The van der Waals surface area contributed by atoms with Crippen molar-refractivity contribution in [3.05, 3.63) is 39.9 Å². The van der Waals surface area contributed by atoms with Crippen LogP contribution in [0.2, 0.25) is 0 Å². The van der Waals surface area contributed by atoms with Gasteiger partial charge >= 0.3 is 0 Å². The van der Waals surface area contributed by atoms with Crippen molar-refractivity contribution in [1.29, 1.82) is 0 Å². The van der Waals surface area contributed by atoms with E-state index in [2.05, 4.69) is 32.6 Å². The molecule has 0 fully saturated rings. The van der Waals surface area contributed by atoms with Gasteiger partial charge in [0.25, 0.3) is 0 Å². The summed E-state index contributed by atoms with van der Waals surface area (Å²) in [6, 6.07) is 5.52. The summed E-state index contributed by atoms with van der Waals surface area (Å²) >= 11 is 2.13. The molecular weight excluding hydrogens is 317 g/mol. The summed E-state index contributed by atoms with van der Waals surface area (Å²) in [5, 5.41) is 0. The predicted molar refractivity (Wildman–Crippen MR) is 70.4 cm³/mol. The molecule has 0 bridgehead atoms. The zero-order valence-electron chi connectivity index (χ0n) is 8.64. The smallest absolute Gasteiger partial charge is 0.235 e. The Morgan fingerprint density at radius 3 is 2.88 bits per heavy atom. The number of rotatable bonds is 2. The highest BCUT2D eigenvalue weighted by atomic mass is 127. The highest BCUT2D eigenvalue weighted by Crippen LogP contribution is 2.25. The van der Waals surface area contributed by atoms with Crippen LogP contribution in [0.4, 0.5) is 5.69 Å². The molecule has 1 heterocycles. The fourth-order valence-electron chi connectivity index (χ4n) is 1.20. The Labute approximate surface area is 107 Å². The number of hydrogen-bond donors (Lipinski definition) is 1. The number of nitrogens with two attached hydrogens (primary N) is 1. The normalized spacial score (nSPS) is 10.1. The number of nitrogens with zero attached hydrogens (tertiary/aromatic N) is 2. The van der Waals surface area contributed by atoms with Crippen molar-refractivity contribution in [2.75, 3.05) is 5.73 Å². The Morgan fingerprint density at radius 2 is 2.19 bits per heavy atom. The van der Waals surface area contributed by atoms with Crippen LogP contribution in [0.1, 0.15) is 5.56 Å². The molecule has 5 heteroatoms. The van der Waals surface area contributed by atoms with Crippen LogP contribution in [0.3, 0.4) is 0 Å². The van der Waals surface area contributed by atoms with E-state index in [0.717, 1.165) is 20.6 Å². The fourth-order valence-corrected chi connectivity index (χ4v) is 1.61. The second-order valence-electron chi connectivity index (χ2n) is 3.30. The second-order valence-corrected chi connectivity index (χ2v) is 4.46. The standard InChI is InChI=1S/C11H10IN3O/c1-7-4-8(2-3-10(7)13)16-11-9(12)5-14-6-15-11/h2-6H,13H2,1H3. The molecular formula is C11H10IN3O. The molecule has 82 valence electrons. The van der Waals surface area contributed by atoms with E-state index in [1.165, 1.54) is 6.33 Å². The van der Waals surface area contributed by atoms with Crippen LogP contribution < -0.4 is 10.5 Å². The molecule has 1 aromatic carbocycles. The van der Waals surface area contributed by atoms with Crippen molar-refractivity contribution >= 4 is 28.3 Å². The maximum Gasteiger partial charge on any atom is 0.235 e. The van der Waals surface area contributed by atoms with Crippen LogP contribution in [0.15, 0.2) is 30.7 Å². The molecule has 1 aromatic heterocycles. The van der Waals surface area contributed by atoms with Gasteiger partial charge in [0.05, 0.1) is 3.57 Å². The van der Waals surface area contributed by atoms with Gasteiger partial charge in [0.1, 0.15) is 12.1 Å². The quantitative estimate of drug-likeness (QED) is 0.681. The molecule has 2 rings (SSSR count). The molecule has 0 atom stereocenters. The lowest BCUT2D eigenvalue weighted by Crippen LogP contribution is -1.94. The van der Waals surface area contributed by atoms with Crippen LogP contribution in [0.5, 0.6) is 11.6 Å². The van der Waals surface area contributed by atoms with E-state index in [0.29, 0.717) is 5.88 Å². The van der Waals surface area contributed by atoms with Crippen LogP contribution in [0.25, 0.3) is 0 Å². The van der Waals surface area contributed by atoms with Crippen molar-refractivity contribution in [3.8, 4) is 11.6 Å². The minimum Gasteiger partial charge on any atom is -0.438 e. The molecule has 0 aliphatic carbocycles. The molecule has 0 saturated heterocycles. The average molecular weight is 327 g/mol. The van der Waals surface area contributed by atoms with E-state index in [1.807, 2.05) is 25.1 Å². The predicted octanol–water partition coefficient (Wildman–Crippen LogP) is 2.76. The summed E-state index contributed by atoms with van der Waals surface area (Å²) in [6.45, 7) is 1.94. The van der Waals surface area contributed by atoms with Crippen LogP contribution >= 0.6 is 22.6 Å².